The average molecular weight is 162 g/mol. The highest BCUT2D eigenvalue weighted by atomic mass is 14.8. The van der Waals surface area contributed by atoms with Crippen molar-refractivity contribution in [2.75, 3.05) is 0 Å². The summed E-state index contributed by atoms with van der Waals surface area (Å²) in [5.41, 5.74) is 1.35. The molecule has 0 radical (unpaired) electrons. The summed E-state index contributed by atoms with van der Waals surface area (Å²) in [4.78, 5) is 0. The SMILES string of the molecule is CC(C)N[11CH](C)c1ccccc1. The van der Waals surface area contributed by atoms with Crippen LogP contribution >= 0.6 is 0 Å². The van der Waals surface area contributed by atoms with E-state index in [4.69, 9.17) is 0 Å². The van der Waals surface area contributed by atoms with E-state index in [1.54, 1.807) is 0 Å². The van der Waals surface area contributed by atoms with Gasteiger partial charge in [0.05, 0.1) is 0 Å². The molecule has 0 aromatic heterocycles. The van der Waals surface area contributed by atoms with Crippen molar-refractivity contribution in [1.29, 1.82) is 0 Å². The molecule has 1 rings (SSSR count). The third kappa shape index (κ3) is 2.67. The Bertz CT molecular complexity index is 216. The second kappa shape index (κ2) is 4.27. The van der Waals surface area contributed by atoms with Gasteiger partial charge < -0.3 is 5.32 Å². The van der Waals surface area contributed by atoms with Crippen molar-refractivity contribution < 1.29 is 0 Å². The standard InChI is InChI=1S/C11H17N/c1-9(2)12-10(3)11-7-5-4-6-8-11/h4-10,12H,1-3H3/i10-1. The first-order valence-corrected chi connectivity index (χ1v) is 4.51. The normalized spacial score (nSPS) is 13.3. The van der Waals surface area contributed by atoms with Crippen LogP contribution in [0.25, 0.3) is 0 Å². The molecule has 1 aromatic rings. The van der Waals surface area contributed by atoms with Gasteiger partial charge >= 0.3 is 0 Å². The second-order valence-corrected chi connectivity index (χ2v) is 3.45. The predicted molar refractivity (Wildman–Crippen MR) is 53.1 cm³/mol. The van der Waals surface area contributed by atoms with Crippen LogP contribution in [0.3, 0.4) is 0 Å². The Balaban J connectivity index is 2.59. The molecule has 1 unspecified atom stereocenters. The zero-order valence-electron chi connectivity index (χ0n) is 8.04. The highest BCUT2D eigenvalue weighted by Gasteiger charge is 2.04. The van der Waals surface area contributed by atoms with Crippen LogP contribution in [-0.2, 0) is 0 Å². The van der Waals surface area contributed by atoms with Crippen molar-refractivity contribution in [1.82, 2.24) is 5.32 Å². The third-order valence-corrected chi connectivity index (χ3v) is 1.88. The van der Waals surface area contributed by atoms with Crippen LogP contribution in [0.1, 0.15) is 32.4 Å². The largest absolute Gasteiger partial charge is 0.308 e. The number of nitrogens with one attached hydrogen (secondary N) is 1. The number of benzene rings is 1. The van der Waals surface area contributed by atoms with Gasteiger partial charge in [-0.15, -0.1) is 0 Å². The maximum atomic E-state index is 3.46. The van der Waals surface area contributed by atoms with Gasteiger partial charge in [0.2, 0.25) is 0 Å². The molecular weight excluding hydrogens is 145 g/mol. The molecule has 0 saturated carbocycles. The summed E-state index contributed by atoms with van der Waals surface area (Å²) < 4.78 is 0. The molecule has 1 aromatic carbocycles. The van der Waals surface area contributed by atoms with Crippen LogP contribution in [0.15, 0.2) is 30.3 Å². The maximum Gasteiger partial charge on any atom is 0.0294 e. The first-order chi connectivity index (χ1) is 5.70. The van der Waals surface area contributed by atoms with Gasteiger partial charge in [0.15, 0.2) is 0 Å². The summed E-state index contributed by atoms with van der Waals surface area (Å²) in [6.45, 7) is 6.52. The lowest BCUT2D eigenvalue weighted by Crippen LogP contribution is -2.25. The molecule has 0 fully saturated rings. The minimum absolute atomic E-state index is 0.450. The van der Waals surface area contributed by atoms with Gasteiger partial charge in [-0.3, -0.25) is 0 Å². The Morgan fingerprint density at radius 3 is 2.08 bits per heavy atom. The van der Waals surface area contributed by atoms with Gasteiger partial charge in [-0.05, 0) is 12.5 Å². The van der Waals surface area contributed by atoms with Crippen molar-refractivity contribution in [3.05, 3.63) is 35.9 Å². The van der Waals surface area contributed by atoms with E-state index in [-0.39, 0.29) is 0 Å². The Hall–Kier alpha value is -0.820. The first kappa shape index (κ1) is 9.27. The van der Waals surface area contributed by atoms with Crippen molar-refractivity contribution >= 4 is 0 Å². The Kier molecular flexibility index (Phi) is 3.30. The van der Waals surface area contributed by atoms with Crippen molar-refractivity contribution in [3.63, 3.8) is 0 Å². The zero-order valence-corrected chi connectivity index (χ0v) is 8.04. The molecule has 0 heterocycles. The van der Waals surface area contributed by atoms with E-state index in [1.165, 1.54) is 5.56 Å². The lowest BCUT2D eigenvalue weighted by Gasteiger charge is -2.16. The fraction of sp³-hybridized carbons (Fsp3) is 0.455. The van der Waals surface area contributed by atoms with Crippen LogP contribution in [0.5, 0.6) is 0 Å². The van der Waals surface area contributed by atoms with Gasteiger partial charge in [0.25, 0.3) is 0 Å². The molecule has 0 saturated heterocycles. The fourth-order valence-electron chi connectivity index (χ4n) is 1.34. The van der Waals surface area contributed by atoms with Gasteiger partial charge in [0.1, 0.15) is 0 Å². The number of hydrogen-bond acceptors (Lipinski definition) is 1. The van der Waals surface area contributed by atoms with Crippen molar-refractivity contribution in [2.45, 2.75) is 32.9 Å². The summed E-state index contributed by atoms with van der Waals surface area (Å²) in [6.07, 6.45) is 0. The molecule has 1 N–H and O–H groups in total. The lowest BCUT2D eigenvalue weighted by molar-refractivity contribution is 0.506. The summed E-state index contributed by atoms with van der Waals surface area (Å²) in [7, 11) is 0. The molecule has 0 spiro atoms. The summed E-state index contributed by atoms with van der Waals surface area (Å²) in [5.74, 6) is 0. The summed E-state index contributed by atoms with van der Waals surface area (Å²) in [5, 5.41) is 3.46. The molecule has 1 nitrogen and oxygen atoms in total. The number of hydrogen-bond donors (Lipinski definition) is 1. The smallest absolute Gasteiger partial charge is 0.0294 e. The third-order valence-electron chi connectivity index (χ3n) is 1.88. The topological polar surface area (TPSA) is 12.0 Å². The second-order valence-electron chi connectivity index (χ2n) is 3.45. The molecule has 0 bridgehead atoms. The zero-order chi connectivity index (χ0) is 8.97. The molecule has 1 heteroatoms. The minimum Gasteiger partial charge on any atom is -0.308 e. The minimum atomic E-state index is 0.450. The maximum absolute atomic E-state index is 3.46. The van der Waals surface area contributed by atoms with E-state index in [1.807, 2.05) is 6.07 Å². The highest BCUT2D eigenvalue weighted by Crippen LogP contribution is 2.11. The molecule has 0 aliphatic heterocycles. The van der Waals surface area contributed by atoms with Crippen LogP contribution in [0.2, 0.25) is 0 Å². The van der Waals surface area contributed by atoms with E-state index >= 15 is 0 Å². The monoisotopic (exact) mass is 162 g/mol. The molecule has 0 amide bonds. The van der Waals surface area contributed by atoms with E-state index in [0.29, 0.717) is 12.1 Å². The van der Waals surface area contributed by atoms with E-state index in [2.05, 4.69) is 50.4 Å². The van der Waals surface area contributed by atoms with Crippen molar-refractivity contribution in [3.8, 4) is 0 Å². The van der Waals surface area contributed by atoms with E-state index < -0.39 is 0 Å². The first-order valence-electron chi connectivity index (χ1n) is 4.51. The van der Waals surface area contributed by atoms with Gasteiger partial charge in [0, 0.05) is 12.1 Å². The molecule has 12 heavy (non-hydrogen) atoms. The van der Waals surface area contributed by atoms with Crippen molar-refractivity contribution in [2.24, 2.45) is 0 Å². The Morgan fingerprint density at radius 1 is 1.00 bits per heavy atom. The summed E-state index contributed by atoms with van der Waals surface area (Å²) in [6, 6.07) is 11.5. The van der Waals surface area contributed by atoms with E-state index in [9.17, 15) is 0 Å². The van der Waals surface area contributed by atoms with Crippen LogP contribution in [0.4, 0.5) is 0 Å². The quantitative estimate of drug-likeness (QED) is 0.720. The highest BCUT2D eigenvalue weighted by molar-refractivity contribution is 5.18. The Morgan fingerprint density at radius 2 is 1.58 bits per heavy atom. The molecule has 0 aliphatic rings. The van der Waals surface area contributed by atoms with Gasteiger partial charge in [-0.1, -0.05) is 44.2 Å². The number of rotatable bonds is 3. The Labute approximate surface area is 74.8 Å². The van der Waals surface area contributed by atoms with Crippen LogP contribution < -0.4 is 5.32 Å². The van der Waals surface area contributed by atoms with Gasteiger partial charge in [-0.25, -0.2) is 0 Å². The van der Waals surface area contributed by atoms with E-state index in [0.717, 1.165) is 0 Å². The fourth-order valence-corrected chi connectivity index (χ4v) is 1.34. The van der Waals surface area contributed by atoms with Crippen LogP contribution in [0, 0.1) is 0 Å². The van der Waals surface area contributed by atoms with Gasteiger partial charge in [-0.2, -0.15) is 0 Å². The molecular formula is C11H17N. The lowest BCUT2D eigenvalue weighted by atomic mass is 9.69. The van der Waals surface area contributed by atoms with Crippen LogP contribution in [-0.4, -0.2) is 6.04 Å². The predicted octanol–water partition coefficient (Wildman–Crippen LogP) is 2.75. The molecule has 1 atom stereocenters. The average Bonchev–Trinajstić information content (AvgIpc) is 2.05. The molecule has 0 aliphatic carbocycles. The molecule has 66 valence electrons. The summed E-state index contributed by atoms with van der Waals surface area (Å²) >= 11 is 0.